The summed E-state index contributed by atoms with van der Waals surface area (Å²) in [5.41, 5.74) is 6.60. The molecule has 3 rings (SSSR count). The molecule has 0 bridgehead atoms. The predicted octanol–water partition coefficient (Wildman–Crippen LogP) is 1.20. The highest BCUT2D eigenvalue weighted by Crippen LogP contribution is 2.28. The molecule has 0 aliphatic carbocycles. The summed E-state index contributed by atoms with van der Waals surface area (Å²) in [5.74, 6) is 0.0750. The van der Waals surface area contributed by atoms with Gasteiger partial charge in [-0.05, 0) is 30.5 Å². The van der Waals surface area contributed by atoms with E-state index >= 15 is 0 Å². The minimum Gasteiger partial charge on any atom is -0.341 e. The van der Waals surface area contributed by atoms with Crippen LogP contribution < -0.4 is 11.2 Å². The SMILES string of the molecule is CC1(CN)CCN(C(=O)Cn2ccc(=O)c3ccccc32)C1. The molecule has 2 heterocycles. The fourth-order valence-electron chi connectivity index (χ4n) is 3.05. The zero-order valence-electron chi connectivity index (χ0n) is 12.8. The molecule has 0 spiro atoms. The predicted molar refractivity (Wildman–Crippen MR) is 86.6 cm³/mol. The lowest BCUT2D eigenvalue weighted by atomic mass is 9.90. The number of carbonyl (C=O) groups is 1. The number of benzene rings is 1. The average Bonchev–Trinajstić information content (AvgIpc) is 2.94. The maximum atomic E-state index is 12.5. The quantitative estimate of drug-likeness (QED) is 0.926. The van der Waals surface area contributed by atoms with E-state index in [2.05, 4.69) is 6.92 Å². The number of amides is 1. The van der Waals surface area contributed by atoms with Crippen molar-refractivity contribution in [3.8, 4) is 0 Å². The van der Waals surface area contributed by atoms with Crippen LogP contribution in [-0.2, 0) is 11.3 Å². The van der Waals surface area contributed by atoms with E-state index in [0.717, 1.165) is 18.5 Å². The van der Waals surface area contributed by atoms with E-state index in [-0.39, 0.29) is 23.3 Å². The lowest BCUT2D eigenvalue weighted by Crippen LogP contribution is -2.36. The summed E-state index contributed by atoms with van der Waals surface area (Å²) in [7, 11) is 0. The van der Waals surface area contributed by atoms with Crippen molar-refractivity contribution in [2.45, 2.75) is 19.9 Å². The third-order valence-corrected chi connectivity index (χ3v) is 4.59. The molecule has 1 atom stereocenters. The van der Waals surface area contributed by atoms with E-state index < -0.39 is 0 Å². The number of carbonyl (C=O) groups excluding carboxylic acids is 1. The number of nitrogens with zero attached hydrogens (tertiary/aromatic N) is 2. The van der Waals surface area contributed by atoms with Crippen molar-refractivity contribution >= 4 is 16.8 Å². The van der Waals surface area contributed by atoms with Gasteiger partial charge in [-0.3, -0.25) is 9.59 Å². The Labute approximate surface area is 129 Å². The van der Waals surface area contributed by atoms with Crippen molar-refractivity contribution in [1.29, 1.82) is 0 Å². The Morgan fingerprint density at radius 2 is 2.09 bits per heavy atom. The van der Waals surface area contributed by atoms with Crippen molar-refractivity contribution < 1.29 is 4.79 Å². The molecule has 1 amide bonds. The second-order valence-electron chi connectivity index (χ2n) is 6.41. The molecule has 1 fully saturated rings. The van der Waals surface area contributed by atoms with Gasteiger partial charge >= 0.3 is 0 Å². The molecule has 0 radical (unpaired) electrons. The number of aromatic nitrogens is 1. The van der Waals surface area contributed by atoms with Gasteiger partial charge in [0.1, 0.15) is 6.54 Å². The lowest BCUT2D eigenvalue weighted by molar-refractivity contribution is -0.131. The Balaban J connectivity index is 1.84. The number of pyridine rings is 1. The van der Waals surface area contributed by atoms with Crippen LogP contribution in [0.15, 0.2) is 41.3 Å². The second-order valence-corrected chi connectivity index (χ2v) is 6.41. The van der Waals surface area contributed by atoms with E-state index in [0.29, 0.717) is 18.5 Å². The molecule has 116 valence electrons. The van der Waals surface area contributed by atoms with Crippen LogP contribution in [0.1, 0.15) is 13.3 Å². The third-order valence-electron chi connectivity index (χ3n) is 4.59. The molecule has 22 heavy (non-hydrogen) atoms. The molecule has 1 aliphatic rings. The summed E-state index contributed by atoms with van der Waals surface area (Å²) in [6.07, 6.45) is 2.64. The topological polar surface area (TPSA) is 68.3 Å². The van der Waals surface area contributed by atoms with Gasteiger partial charge in [-0.2, -0.15) is 0 Å². The molecule has 0 saturated carbocycles. The Morgan fingerprint density at radius 1 is 1.32 bits per heavy atom. The van der Waals surface area contributed by atoms with Crippen molar-refractivity contribution in [1.82, 2.24) is 9.47 Å². The van der Waals surface area contributed by atoms with Crippen LogP contribution in [0.4, 0.5) is 0 Å². The highest BCUT2D eigenvalue weighted by Gasteiger charge is 2.34. The number of fused-ring (bicyclic) bond motifs is 1. The molecular formula is C17H21N3O2. The molecule has 1 aliphatic heterocycles. The van der Waals surface area contributed by atoms with Crippen LogP contribution >= 0.6 is 0 Å². The number of nitrogens with two attached hydrogens (primary N) is 1. The fourth-order valence-corrected chi connectivity index (χ4v) is 3.05. The molecule has 1 saturated heterocycles. The van der Waals surface area contributed by atoms with Gasteiger partial charge in [0, 0.05) is 30.7 Å². The largest absolute Gasteiger partial charge is 0.341 e. The maximum Gasteiger partial charge on any atom is 0.242 e. The molecule has 1 aromatic heterocycles. The maximum absolute atomic E-state index is 12.5. The zero-order valence-corrected chi connectivity index (χ0v) is 12.8. The first-order chi connectivity index (χ1) is 10.5. The summed E-state index contributed by atoms with van der Waals surface area (Å²) in [4.78, 5) is 26.3. The second kappa shape index (κ2) is 5.57. The van der Waals surface area contributed by atoms with Crippen molar-refractivity contribution in [3.05, 3.63) is 46.8 Å². The molecular weight excluding hydrogens is 278 g/mol. The van der Waals surface area contributed by atoms with E-state index in [1.807, 2.05) is 27.7 Å². The minimum atomic E-state index is -0.0174. The van der Waals surface area contributed by atoms with E-state index in [1.165, 1.54) is 6.07 Å². The lowest BCUT2D eigenvalue weighted by Gasteiger charge is -2.23. The minimum absolute atomic E-state index is 0.0174. The summed E-state index contributed by atoms with van der Waals surface area (Å²) in [6.45, 7) is 4.43. The summed E-state index contributed by atoms with van der Waals surface area (Å²) >= 11 is 0. The molecule has 1 aromatic carbocycles. The van der Waals surface area contributed by atoms with E-state index in [4.69, 9.17) is 5.73 Å². The standard InChI is InChI=1S/C17H21N3O2/c1-17(11-18)7-9-20(12-17)16(22)10-19-8-6-15(21)13-4-2-3-5-14(13)19/h2-6,8H,7,9-12,18H2,1H3. The Kier molecular flexibility index (Phi) is 3.74. The molecule has 5 nitrogen and oxygen atoms in total. The highest BCUT2D eigenvalue weighted by molar-refractivity contribution is 5.82. The van der Waals surface area contributed by atoms with Crippen LogP contribution in [0.3, 0.4) is 0 Å². The zero-order chi connectivity index (χ0) is 15.7. The Morgan fingerprint density at radius 3 is 2.82 bits per heavy atom. The Hall–Kier alpha value is -2.14. The number of hydrogen-bond donors (Lipinski definition) is 1. The first kappa shape index (κ1) is 14.8. The average molecular weight is 299 g/mol. The van der Waals surface area contributed by atoms with Gasteiger partial charge in [0.2, 0.25) is 5.91 Å². The van der Waals surface area contributed by atoms with Crippen LogP contribution in [0.5, 0.6) is 0 Å². The van der Waals surface area contributed by atoms with E-state index in [1.54, 1.807) is 12.3 Å². The van der Waals surface area contributed by atoms with Gasteiger partial charge in [0.25, 0.3) is 0 Å². The number of rotatable bonds is 3. The van der Waals surface area contributed by atoms with Crippen LogP contribution in [0.2, 0.25) is 0 Å². The van der Waals surface area contributed by atoms with Gasteiger partial charge in [-0.1, -0.05) is 19.1 Å². The first-order valence-corrected chi connectivity index (χ1v) is 7.58. The molecule has 2 aromatic rings. The van der Waals surface area contributed by atoms with Crippen LogP contribution in [0.25, 0.3) is 10.9 Å². The van der Waals surface area contributed by atoms with Crippen LogP contribution in [0, 0.1) is 5.41 Å². The van der Waals surface area contributed by atoms with E-state index in [9.17, 15) is 9.59 Å². The van der Waals surface area contributed by atoms with Crippen LogP contribution in [-0.4, -0.2) is 35.0 Å². The summed E-state index contributed by atoms with van der Waals surface area (Å²) in [6, 6.07) is 8.90. The third kappa shape index (κ3) is 2.64. The summed E-state index contributed by atoms with van der Waals surface area (Å²) < 4.78 is 1.84. The fraction of sp³-hybridized carbons (Fsp3) is 0.412. The Bertz CT molecular complexity index is 768. The van der Waals surface area contributed by atoms with Gasteiger partial charge in [-0.15, -0.1) is 0 Å². The van der Waals surface area contributed by atoms with Gasteiger partial charge < -0.3 is 15.2 Å². The highest BCUT2D eigenvalue weighted by atomic mass is 16.2. The number of hydrogen-bond acceptors (Lipinski definition) is 3. The first-order valence-electron chi connectivity index (χ1n) is 7.58. The van der Waals surface area contributed by atoms with Gasteiger partial charge in [-0.25, -0.2) is 0 Å². The smallest absolute Gasteiger partial charge is 0.242 e. The van der Waals surface area contributed by atoms with Gasteiger partial charge in [0.05, 0.1) is 5.52 Å². The molecule has 5 heteroatoms. The monoisotopic (exact) mass is 299 g/mol. The van der Waals surface area contributed by atoms with Crippen molar-refractivity contribution in [3.63, 3.8) is 0 Å². The van der Waals surface area contributed by atoms with Gasteiger partial charge in [0.15, 0.2) is 5.43 Å². The number of para-hydroxylation sites is 1. The van der Waals surface area contributed by atoms with Crippen molar-refractivity contribution in [2.24, 2.45) is 11.1 Å². The normalized spacial score (nSPS) is 21.5. The summed E-state index contributed by atoms with van der Waals surface area (Å²) in [5, 5.41) is 0.644. The number of likely N-dealkylation sites (tertiary alicyclic amines) is 1. The molecule has 1 unspecified atom stereocenters. The molecule has 2 N–H and O–H groups in total. The van der Waals surface area contributed by atoms with Crippen molar-refractivity contribution in [2.75, 3.05) is 19.6 Å².